The summed E-state index contributed by atoms with van der Waals surface area (Å²) in [4.78, 5) is 3.96. The Morgan fingerprint density at radius 1 is 1.40 bits per heavy atom. The van der Waals surface area contributed by atoms with Crippen LogP contribution < -0.4 is 20.3 Å². The molecular formula is C7H9BrInN. The van der Waals surface area contributed by atoms with Crippen molar-refractivity contribution in [3.05, 3.63) is 24.5 Å². The van der Waals surface area contributed by atoms with Gasteiger partial charge < -0.3 is 17.0 Å². The van der Waals surface area contributed by atoms with Crippen molar-refractivity contribution < 1.29 is 17.0 Å². The van der Waals surface area contributed by atoms with E-state index >= 15 is 0 Å². The Morgan fingerprint density at radius 3 is 2.50 bits per heavy atom. The summed E-state index contributed by atoms with van der Waals surface area (Å²) in [7, 11) is 0. The molecule has 0 aromatic carbocycles. The third kappa shape index (κ3) is 3.62. The van der Waals surface area contributed by atoms with Gasteiger partial charge in [-0.15, -0.1) is 0 Å². The second kappa shape index (κ2) is 6.23. The Hall–Kier alpha value is 0.500. The molecule has 1 aromatic rings. The molecule has 10 heavy (non-hydrogen) atoms. The first kappa shape index (κ1) is 10.5. The van der Waals surface area contributed by atoms with Crippen molar-refractivity contribution in [2.24, 2.45) is 0 Å². The van der Waals surface area contributed by atoms with Gasteiger partial charge in [0.2, 0.25) is 0 Å². The van der Waals surface area contributed by atoms with Crippen LogP contribution in [-0.4, -0.2) is 27.9 Å². The molecule has 0 amide bonds. The molecule has 0 bridgehead atoms. The van der Waals surface area contributed by atoms with Gasteiger partial charge in [0, 0.05) is 0 Å². The minimum Gasteiger partial charge on any atom is -1.00 e. The van der Waals surface area contributed by atoms with Gasteiger partial charge in [0.15, 0.2) is 0 Å². The van der Waals surface area contributed by atoms with E-state index in [-0.39, 0.29) is 39.9 Å². The number of nitrogens with zero attached hydrogens (tertiary/aromatic N) is 1. The summed E-state index contributed by atoms with van der Waals surface area (Å²) in [6, 6.07) is 4.29. The summed E-state index contributed by atoms with van der Waals surface area (Å²) in [5.74, 6) is 0. The maximum absolute atomic E-state index is 3.96. The number of hydrogen-bond acceptors (Lipinski definition) is 1. The number of halogens is 1. The van der Waals surface area contributed by atoms with Crippen molar-refractivity contribution in [1.82, 2.24) is 4.98 Å². The first-order valence-electron chi connectivity index (χ1n) is 3.16. The van der Waals surface area contributed by atoms with E-state index in [1.54, 1.807) is 3.32 Å². The Labute approximate surface area is 83.4 Å². The van der Waals surface area contributed by atoms with Crippen LogP contribution in [0.15, 0.2) is 24.5 Å². The first-order valence-corrected chi connectivity index (χ1v) is 7.14. The monoisotopic (exact) mass is 301 g/mol. The molecule has 0 aliphatic rings. The van der Waals surface area contributed by atoms with Crippen molar-refractivity contribution >= 4 is 26.2 Å². The maximum atomic E-state index is 3.96. The Morgan fingerprint density at radius 2 is 2.00 bits per heavy atom. The summed E-state index contributed by atoms with van der Waals surface area (Å²) in [6.07, 6.45) is 3.77. The molecule has 0 unspecified atom stereocenters. The topological polar surface area (TPSA) is 12.9 Å². The first-order chi connectivity index (χ1) is 4.43. The predicted molar refractivity (Wildman–Crippen MR) is 40.1 cm³/mol. The molecule has 0 saturated carbocycles. The Balaban J connectivity index is 0.000000810. The van der Waals surface area contributed by atoms with E-state index < -0.39 is 0 Å². The summed E-state index contributed by atoms with van der Waals surface area (Å²) < 4.78 is 2.97. The zero-order valence-corrected chi connectivity index (χ0v) is 10.8. The summed E-state index contributed by atoms with van der Waals surface area (Å²) in [5.41, 5.74) is 0. The molecule has 1 heterocycles. The molecule has 3 heteroatoms. The number of aromatic nitrogens is 1. The van der Waals surface area contributed by atoms with Gasteiger partial charge in [0.05, 0.1) is 0 Å². The third-order valence-electron chi connectivity index (χ3n) is 1.15. The van der Waals surface area contributed by atoms with Crippen LogP contribution in [0.1, 0.15) is 6.92 Å². The second-order valence-electron chi connectivity index (χ2n) is 1.89. The molecule has 0 aliphatic heterocycles. The van der Waals surface area contributed by atoms with E-state index in [4.69, 9.17) is 0 Å². The Kier molecular flexibility index (Phi) is 6.54. The van der Waals surface area contributed by atoms with E-state index in [1.165, 1.54) is 4.18 Å². The smallest absolute Gasteiger partial charge is 1.00 e. The fourth-order valence-corrected chi connectivity index (χ4v) is 3.35. The largest absolute Gasteiger partial charge is 1.00 e. The van der Waals surface area contributed by atoms with Crippen LogP contribution in [0.2, 0.25) is 4.18 Å². The van der Waals surface area contributed by atoms with Crippen LogP contribution in [0.4, 0.5) is 0 Å². The normalized spacial score (nSPS) is 7.70. The SMILES string of the molecule is C[CH2][In+][c]1ccncc1.[Br-]. The Bertz CT molecular complexity index is 167. The average molecular weight is 302 g/mol. The molecule has 0 atom stereocenters. The van der Waals surface area contributed by atoms with Crippen LogP contribution >= 0.6 is 0 Å². The molecule has 0 spiro atoms. The van der Waals surface area contributed by atoms with Crippen LogP contribution in [0.5, 0.6) is 0 Å². The molecule has 0 radical (unpaired) electrons. The zero-order valence-electron chi connectivity index (χ0n) is 5.92. The molecule has 0 N–H and O–H groups in total. The van der Waals surface area contributed by atoms with Crippen molar-refractivity contribution in [2.45, 2.75) is 11.1 Å². The number of pyridine rings is 1. The minimum absolute atomic E-state index is 0. The quantitative estimate of drug-likeness (QED) is 0.607. The van der Waals surface area contributed by atoms with Gasteiger partial charge in [0.25, 0.3) is 0 Å². The van der Waals surface area contributed by atoms with E-state index in [0.717, 1.165) is 0 Å². The average Bonchev–Trinajstić information content (AvgIpc) is 1.91. The molecule has 1 aromatic heterocycles. The fourth-order valence-electron chi connectivity index (χ4n) is 0.735. The second-order valence-corrected chi connectivity index (χ2v) is 7.29. The van der Waals surface area contributed by atoms with Gasteiger partial charge in [-0.2, -0.15) is 0 Å². The van der Waals surface area contributed by atoms with E-state index in [2.05, 4.69) is 24.0 Å². The van der Waals surface area contributed by atoms with Crippen molar-refractivity contribution in [1.29, 1.82) is 0 Å². The molecule has 0 aliphatic carbocycles. The van der Waals surface area contributed by atoms with Gasteiger partial charge in [-0.1, -0.05) is 0 Å². The fraction of sp³-hybridized carbons (Fsp3) is 0.286. The van der Waals surface area contributed by atoms with E-state index in [1.807, 2.05) is 12.4 Å². The van der Waals surface area contributed by atoms with Crippen LogP contribution in [0, 0.1) is 0 Å². The molecular weight excluding hydrogens is 293 g/mol. The predicted octanol–water partition coefficient (Wildman–Crippen LogP) is -2.15. The van der Waals surface area contributed by atoms with Crippen molar-refractivity contribution in [3.8, 4) is 0 Å². The van der Waals surface area contributed by atoms with Gasteiger partial charge in [-0.25, -0.2) is 0 Å². The van der Waals surface area contributed by atoms with E-state index in [0.29, 0.717) is 0 Å². The van der Waals surface area contributed by atoms with E-state index in [9.17, 15) is 0 Å². The molecule has 1 rings (SSSR count). The number of hydrogen-bond donors (Lipinski definition) is 0. The molecule has 0 fully saturated rings. The summed E-state index contributed by atoms with van der Waals surface area (Å²) in [6.45, 7) is 2.27. The molecule has 0 saturated heterocycles. The summed E-state index contributed by atoms with van der Waals surface area (Å²) in [5, 5.41) is 0. The van der Waals surface area contributed by atoms with Crippen LogP contribution in [0.25, 0.3) is 0 Å². The van der Waals surface area contributed by atoms with Crippen LogP contribution in [-0.2, 0) is 0 Å². The van der Waals surface area contributed by atoms with Crippen molar-refractivity contribution in [2.75, 3.05) is 0 Å². The van der Waals surface area contributed by atoms with Crippen molar-refractivity contribution in [3.63, 3.8) is 0 Å². The van der Waals surface area contributed by atoms with Gasteiger partial charge >= 0.3 is 66.8 Å². The molecule has 52 valence electrons. The maximum Gasteiger partial charge on any atom is -1.00 e. The standard InChI is InChI=1S/C5H4N.C2H5.BrH.In/c1-2-4-6-5-3-1;1-2;;/h2-5H;1H2,2H3;1H;/q;;;+1/p-1. The van der Waals surface area contributed by atoms with Crippen LogP contribution in [0.3, 0.4) is 0 Å². The number of rotatable bonds is 2. The molecule has 1 nitrogen and oxygen atoms in total. The third-order valence-corrected chi connectivity index (χ3v) is 4.76. The minimum atomic E-state index is -0.350. The zero-order chi connectivity index (χ0) is 6.53. The summed E-state index contributed by atoms with van der Waals surface area (Å²) >= 11 is -0.350. The van der Waals surface area contributed by atoms with Gasteiger partial charge in [0.1, 0.15) is 0 Å². The van der Waals surface area contributed by atoms with Gasteiger partial charge in [-0.3, -0.25) is 0 Å². The van der Waals surface area contributed by atoms with Gasteiger partial charge in [-0.05, 0) is 0 Å².